The van der Waals surface area contributed by atoms with Crippen molar-refractivity contribution in [2.24, 2.45) is 5.73 Å². The van der Waals surface area contributed by atoms with Gasteiger partial charge in [-0.15, -0.1) is 0 Å². The van der Waals surface area contributed by atoms with Crippen LogP contribution in [0.1, 0.15) is 18.7 Å². The first kappa shape index (κ1) is 19.7. The van der Waals surface area contributed by atoms with Gasteiger partial charge in [-0.2, -0.15) is 18.2 Å². The Balaban J connectivity index is 1.76. The number of halogens is 3. The molecule has 2 aromatic heterocycles. The molecule has 0 spiro atoms. The van der Waals surface area contributed by atoms with Gasteiger partial charge in [-0.3, -0.25) is 0 Å². The molecule has 1 aliphatic rings. The first-order chi connectivity index (χ1) is 13.8. The van der Waals surface area contributed by atoms with Crippen molar-refractivity contribution >= 4 is 16.6 Å². The summed E-state index contributed by atoms with van der Waals surface area (Å²) in [5.74, 6) is 0.268. The first-order valence-electron chi connectivity index (χ1n) is 9.51. The molecule has 1 aliphatic heterocycles. The molecule has 1 fully saturated rings. The Morgan fingerprint density at radius 3 is 2.69 bits per heavy atom. The summed E-state index contributed by atoms with van der Waals surface area (Å²) in [7, 11) is 2.08. The number of alkyl halides is 3. The standard InChI is InChI=1S/C19H23F3N6O/c1-27-7-5-12(6-8-27)24-14-3-2-4-15-13(14)9-16(28(15)11-19(20,21)22)18-25-17(10-23)26-29-18/h2-4,9,12,24H,5-8,10-11,23H2,1H3. The second kappa shape index (κ2) is 7.68. The average Bonchev–Trinajstić information content (AvgIpc) is 3.28. The van der Waals surface area contributed by atoms with Crippen LogP contribution in [0.15, 0.2) is 28.8 Å². The van der Waals surface area contributed by atoms with Crippen molar-refractivity contribution in [2.75, 3.05) is 25.5 Å². The Labute approximate surface area is 165 Å². The molecule has 1 saturated heterocycles. The normalized spacial score (nSPS) is 16.6. The van der Waals surface area contributed by atoms with E-state index < -0.39 is 12.7 Å². The lowest BCUT2D eigenvalue weighted by atomic mass is 10.0. The SMILES string of the molecule is CN1CCC(Nc2cccc3c2cc(-c2nc(CN)no2)n3CC(F)(F)F)CC1. The minimum absolute atomic E-state index is 0.0242. The van der Waals surface area contributed by atoms with Gasteiger partial charge < -0.3 is 25.0 Å². The van der Waals surface area contributed by atoms with Crippen LogP contribution >= 0.6 is 0 Å². The molecule has 0 radical (unpaired) electrons. The largest absolute Gasteiger partial charge is 0.406 e. The second-order valence-corrected chi connectivity index (χ2v) is 7.41. The van der Waals surface area contributed by atoms with Crippen molar-refractivity contribution in [1.82, 2.24) is 19.6 Å². The number of hydrogen-bond donors (Lipinski definition) is 2. The van der Waals surface area contributed by atoms with Crippen molar-refractivity contribution in [2.45, 2.75) is 38.1 Å². The molecule has 7 nitrogen and oxygen atoms in total. The summed E-state index contributed by atoms with van der Waals surface area (Å²) in [4.78, 5) is 6.39. The Kier molecular flexibility index (Phi) is 5.22. The number of benzene rings is 1. The number of likely N-dealkylation sites (tertiary alicyclic amines) is 1. The minimum atomic E-state index is -4.39. The molecular formula is C19H23F3N6O. The fourth-order valence-electron chi connectivity index (χ4n) is 3.75. The number of fused-ring (bicyclic) bond motifs is 1. The highest BCUT2D eigenvalue weighted by atomic mass is 19.4. The van der Waals surface area contributed by atoms with Gasteiger partial charge in [0.15, 0.2) is 5.82 Å². The highest BCUT2D eigenvalue weighted by Gasteiger charge is 2.31. The number of piperidine rings is 1. The Morgan fingerprint density at radius 1 is 1.28 bits per heavy atom. The molecule has 3 heterocycles. The van der Waals surface area contributed by atoms with Crippen LogP contribution in [-0.4, -0.2) is 52.0 Å². The van der Waals surface area contributed by atoms with E-state index in [4.69, 9.17) is 10.3 Å². The van der Waals surface area contributed by atoms with Crippen LogP contribution in [0.3, 0.4) is 0 Å². The molecule has 1 aromatic carbocycles. The van der Waals surface area contributed by atoms with Gasteiger partial charge in [0.05, 0.1) is 12.1 Å². The number of anilines is 1. The molecule has 0 atom stereocenters. The molecule has 0 amide bonds. The van der Waals surface area contributed by atoms with Crippen LogP contribution in [0.2, 0.25) is 0 Å². The maximum Gasteiger partial charge on any atom is 0.406 e. The second-order valence-electron chi connectivity index (χ2n) is 7.41. The smallest absolute Gasteiger partial charge is 0.382 e. The van der Waals surface area contributed by atoms with Crippen LogP contribution in [0.4, 0.5) is 18.9 Å². The predicted molar refractivity (Wildman–Crippen MR) is 103 cm³/mol. The van der Waals surface area contributed by atoms with Gasteiger partial charge in [-0.05, 0) is 51.2 Å². The van der Waals surface area contributed by atoms with E-state index in [1.807, 2.05) is 6.07 Å². The van der Waals surface area contributed by atoms with Crippen LogP contribution in [0.25, 0.3) is 22.5 Å². The predicted octanol–water partition coefficient (Wildman–Crippen LogP) is 3.22. The maximum absolute atomic E-state index is 13.3. The van der Waals surface area contributed by atoms with Crippen LogP contribution < -0.4 is 11.1 Å². The maximum atomic E-state index is 13.3. The summed E-state index contributed by atoms with van der Waals surface area (Å²) in [6, 6.07) is 7.27. The van der Waals surface area contributed by atoms with Crippen LogP contribution in [-0.2, 0) is 13.1 Å². The third-order valence-corrected chi connectivity index (χ3v) is 5.23. The van der Waals surface area contributed by atoms with Gasteiger partial charge in [0.1, 0.15) is 12.2 Å². The number of nitrogens with one attached hydrogen (secondary N) is 1. The number of nitrogens with zero attached hydrogens (tertiary/aromatic N) is 4. The summed E-state index contributed by atoms with van der Waals surface area (Å²) < 4.78 is 46.2. The lowest BCUT2D eigenvalue weighted by Crippen LogP contribution is -2.36. The van der Waals surface area contributed by atoms with Gasteiger partial charge in [-0.25, -0.2) is 0 Å². The van der Waals surface area contributed by atoms with Crippen molar-refractivity contribution in [3.05, 3.63) is 30.1 Å². The van der Waals surface area contributed by atoms with Crippen molar-refractivity contribution < 1.29 is 17.7 Å². The Bertz CT molecular complexity index is 988. The third kappa shape index (κ3) is 4.23. The molecule has 10 heteroatoms. The molecule has 4 rings (SSSR count). The molecule has 0 aliphatic carbocycles. The Hall–Kier alpha value is -2.59. The Morgan fingerprint density at radius 2 is 2.03 bits per heavy atom. The number of nitrogens with two attached hydrogens (primary N) is 1. The van der Waals surface area contributed by atoms with Crippen molar-refractivity contribution in [3.63, 3.8) is 0 Å². The molecule has 0 bridgehead atoms. The number of rotatable bonds is 5. The summed E-state index contributed by atoms with van der Waals surface area (Å²) >= 11 is 0. The monoisotopic (exact) mass is 408 g/mol. The summed E-state index contributed by atoms with van der Waals surface area (Å²) in [5, 5.41) is 7.92. The lowest BCUT2D eigenvalue weighted by molar-refractivity contribution is -0.139. The molecular weight excluding hydrogens is 385 g/mol. The fourth-order valence-corrected chi connectivity index (χ4v) is 3.75. The third-order valence-electron chi connectivity index (χ3n) is 5.23. The quantitative estimate of drug-likeness (QED) is 0.674. The molecule has 3 N–H and O–H groups in total. The molecule has 0 saturated carbocycles. The number of hydrogen-bond acceptors (Lipinski definition) is 6. The molecule has 29 heavy (non-hydrogen) atoms. The van der Waals surface area contributed by atoms with Crippen molar-refractivity contribution in [1.29, 1.82) is 0 Å². The molecule has 156 valence electrons. The van der Waals surface area contributed by atoms with Crippen LogP contribution in [0, 0.1) is 0 Å². The van der Waals surface area contributed by atoms with Gasteiger partial charge in [-0.1, -0.05) is 11.2 Å². The van der Waals surface area contributed by atoms with Gasteiger partial charge in [0.2, 0.25) is 0 Å². The van der Waals surface area contributed by atoms with E-state index in [1.165, 1.54) is 4.57 Å². The number of aromatic nitrogens is 3. The van der Waals surface area contributed by atoms with E-state index in [9.17, 15) is 13.2 Å². The molecule has 0 unspecified atom stereocenters. The zero-order valence-corrected chi connectivity index (χ0v) is 16.0. The topological polar surface area (TPSA) is 85.1 Å². The lowest BCUT2D eigenvalue weighted by Gasteiger charge is -2.30. The van der Waals surface area contributed by atoms with Crippen LogP contribution in [0.5, 0.6) is 0 Å². The fraction of sp³-hybridized carbons (Fsp3) is 0.474. The summed E-state index contributed by atoms with van der Waals surface area (Å²) in [6.45, 7) is 0.867. The summed E-state index contributed by atoms with van der Waals surface area (Å²) in [6.07, 6.45) is -2.44. The van der Waals surface area contributed by atoms with Gasteiger partial charge >= 0.3 is 6.18 Å². The van der Waals surface area contributed by atoms with E-state index in [1.54, 1.807) is 18.2 Å². The van der Waals surface area contributed by atoms with E-state index in [0.717, 1.165) is 31.6 Å². The van der Waals surface area contributed by atoms with E-state index in [2.05, 4.69) is 27.4 Å². The average molecular weight is 408 g/mol. The van der Waals surface area contributed by atoms with Gasteiger partial charge in [0, 0.05) is 17.1 Å². The minimum Gasteiger partial charge on any atom is -0.382 e. The van der Waals surface area contributed by atoms with Gasteiger partial charge in [0.25, 0.3) is 5.89 Å². The van der Waals surface area contributed by atoms with E-state index >= 15 is 0 Å². The zero-order valence-electron chi connectivity index (χ0n) is 16.0. The van der Waals surface area contributed by atoms with Crippen molar-refractivity contribution in [3.8, 4) is 11.6 Å². The highest BCUT2D eigenvalue weighted by Crippen LogP contribution is 2.35. The summed E-state index contributed by atoms with van der Waals surface area (Å²) in [5.41, 5.74) is 7.00. The van der Waals surface area contributed by atoms with E-state index in [-0.39, 0.29) is 30.0 Å². The van der Waals surface area contributed by atoms with E-state index in [0.29, 0.717) is 10.9 Å². The first-order valence-corrected chi connectivity index (χ1v) is 9.51. The molecule has 3 aromatic rings. The zero-order chi connectivity index (χ0) is 20.6. The highest BCUT2D eigenvalue weighted by molar-refractivity contribution is 5.96.